The molecule has 1 saturated carbocycles. The highest BCUT2D eigenvalue weighted by atomic mass is 19.1. The fourth-order valence-corrected chi connectivity index (χ4v) is 2.00. The Labute approximate surface area is 87.7 Å². The minimum absolute atomic E-state index is 0.0140. The SMILES string of the molecule is COc1ccc(C2(O)CC(N)C2)cc1F. The van der Waals surface area contributed by atoms with Crippen LogP contribution in [0.15, 0.2) is 18.2 Å². The van der Waals surface area contributed by atoms with E-state index in [-0.39, 0.29) is 11.8 Å². The molecule has 82 valence electrons. The van der Waals surface area contributed by atoms with Crippen LogP contribution in [-0.2, 0) is 5.60 Å². The average Bonchev–Trinajstić information content (AvgIpc) is 2.15. The lowest BCUT2D eigenvalue weighted by molar-refractivity contribution is -0.0525. The predicted octanol–water partition coefficient (Wildman–Crippen LogP) is 1.14. The second kappa shape index (κ2) is 3.47. The number of rotatable bonds is 2. The van der Waals surface area contributed by atoms with E-state index in [1.54, 1.807) is 6.07 Å². The number of halogens is 1. The van der Waals surface area contributed by atoms with Crippen LogP contribution in [0.4, 0.5) is 4.39 Å². The van der Waals surface area contributed by atoms with E-state index in [0.29, 0.717) is 18.4 Å². The first kappa shape index (κ1) is 10.4. The summed E-state index contributed by atoms with van der Waals surface area (Å²) >= 11 is 0. The number of aliphatic hydroxyl groups is 1. The molecule has 0 saturated heterocycles. The van der Waals surface area contributed by atoms with Crippen molar-refractivity contribution < 1.29 is 14.2 Å². The summed E-state index contributed by atoms with van der Waals surface area (Å²) < 4.78 is 18.2. The van der Waals surface area contributed by atoms with Crippen LogP contribution in [0.2, 0.25) is 0 Å². The number of nitrogens with two attached hydrogens (primary N) is 1. The van der Waals surface area contributed by atoms with Crippen molar-refractivity contribution >= 4 is 0 Å². The topological polar surface area (TPSA) is 55.5 Å². The Kier molecular flexibility index (Phi) is 2.40. The maximum absolute atomic E-state index is 13.4. The Hall–Kier alpha value is -1.13. The van der Waals surface area contributed by atoms with E-state index in [4.69, 9.17) is 10.5 Å². The predicted molar refractivity (Wildman–Crippen MR) is 54.1 cm³/mol. The monoisotopic (exact) mass is 211 g/mol. The highest BCUT2D eigenvalue weighted by Gasteiger charge is 2.42. The van der Waals surface area contributed by atoms with Crippen molar-refractivity contribution in [1.82, 2.24) is 0 Å². The Balaban J connectivity index is 2.27. The molecule has 1 aromatic carbocycles. The largest absolute Gasteiger partial charge is 0.494 e. The fraction of sp³-hybridized carbons (Fsp3) is 0.455. The molecule has 1 aliphatic carbocycles. The summed E-state index contributed by atoms with van der Waals surface area (Å²) in [5.41, 5.74) is 5.23. The van der Waals surface area contributed by atoms with Gasteiger partial charge in [0, 0.05) is 6.04 Å². The Bertz CT molecular complexity index is 375. The lowest BCUT2D eigenvalue weighted by Gasteiger charge is -2.42. The zero-order valence-electron chi connectivity index (χ0n) is 8.53. The molecule has 3 nitrogen and oxygen atoms in total. The van der Waals surface area contributed by atoms with Crippen LogP contribution < -0.4 is 10.5 Å². The van der Waals surface area contributed by atoms with Crippen LogP contribution >= 0.6 is 0 Å². The zero-order valence-corrected chi connectivity index (χ0v) is 8.53. The lowest BCUT2D eigenvalue weighted by Crippen LogP contribution is -2.49. The van der Waals surface area contributed by atoms with E-state index in [0.717, 1.165) is 0 Å². The molecule has 0 aliphatic heterocycles. The van der Waals surface area contributed by atoms with Gasteiger partial charge in [-0.15, -0.1) is 0 Å². The van der Waals surface area contributed by atoms with Gasteiger partial charge in [0.1, 0.15) is 0 Å². The number of hydrogen-bond donors (Lipinski definition) is 2. The smallest absolute Gasteiger partial charge is 0.165 e. The minimum Gasteiger partial charge on any atom is -0.494 e. The first-order valence-corrected chi connectivity index (χ1v) is 4.87. The van der Waals surface area contributed by atoms with Crippen LogP contribution in [0.1, 0.15) is 18.4 Å². The standard InChI is InChI=1S/C11H14FNO2/c1-15-10-3-2-7(4-9(10)12)11(14)5-8(13)6-11/h2-4,8,14H,5-6,13H2,1H3. The molecule has 2 rings (SSSR count). The van der Waals surface area contributed by atoms with Crippen molar-refractivity contribution in [2.75, 3.05) is 7.11 Å². The van der Waals surface area contributed by atoms with Crippen LogP contribution in [0, 0.1) is 5.82 Å². The number of benzene rings is 1. The molecular weight excluding hydrogens is 197 g/mol. The lowest BCUT2D eigenvalue weighted by atomic mass is 9.72. The van der Waals surface area contributed by atoms with Gasteiger partial charge in [-0.1, -0.05) is 6.07 Å². The highest BCUT2D eigenvalue weighted by molar-refractivity contribution is 5.34. The Morgan fingerprint density at radius 3 is 2.67 bits per heavy atom. The first-order chi connectivity index (χ1) is 7.05. The van der Waals surface area contributed by atoms with Gasteiger partial charge in [-0.25, -0.2) is 4.39 Å². The normalized spacial score (nSPS) is 29.7. The van der Waals surface area contributed by atoms with E-state index in [2.05, 4.69) is 0 Å². The molecule has 0 spiro atoms. The molecule has 0 unspecified atom stereocenters. The summed E-state index contributed by atoms with van der Waals surface area (Å²) in [5.74, 6) is -0.269. The second-order valence-electron chi connectivity index (χ2n) is 4.05. The van der Waals surface area contributed by atoms with Crippen molar-refractivity contribution in [3.63, 3.8) is 0 Å². The van der Waals surface area contributed by atoms with Crippen molar-refractivity contribution in [3.8, 4) is 5.75 Å². The van der Waals surface area contributed by atoms with Gasteiger partial charge in [0.2, 0.25) is 0 Å². The van der Waals surface area contributed by atoms with Gasteiger partial charge in [0.05, 0.1) is 12.7 Å². The van der Waals surface area contributed by atoms with E-state index in [9.17, 15) is 9.50 Å². The molecule has 0 heterocycles. The summed E-state index contributed by atoms with van der Waals surface area (Å²) in [6.07, 6.45) is 0.970. The van der Waals surface area contributed by atoms with E-state index in [1.807, 2.05) is 0 Å². The third kappa shape index (κ3) is 1.70. The second-order valence-corrected chi connectivity index (χ2v) is 4.05. The van der Waals surface area contributed by atoms with Gasteiger partial charge in [-0.2, -0.15) is 0 Å². The van der Waals surface area contributed by atoms with Gasteiger partial charge in [-0.05, 0) is 30.5 Å². The third-order valence-corrected chi connectivity index (χ3v) is 2.89. The van der Waals surface area contributed by atoms with Crippen LogP contribution in [0.3, 0.4) is 0 Å². The van der Waals surface area contributed by atoms with Gasteiger partial charge in [0.25, 0.3) is 0 Å². The molecular formula is C11H14FNO2. The molecule has 0 aromatic heterocycles. The van der Waals surface area contributed by atoms with Gasteiger partial charge < -0.3 is 15.6 Å². The molecule has 1 aliphatic rings. The van der Waals surface area contributed by atoms with E-state index in [1.165, 1.54) is 19.2 Å². The van der Waals surface area contributed by atoms with Gasteiger partial charge in [0.15, 0.2) is 11.6 Å². The van der Waals surface area contributed by atoms with E-state index >= 15 is 0 Å². The molecule has 0 radical (unpaired) electrons. The summed E-state index contributed by atoms with van der Waals surface area (Å²) in [6.45, 7) is 0. The van der Waals surface area contributed by atoms with Crippen molar-refractivity contribution in [1.29, 1.82) is 0 Å². The molecule has 4 heteroatoms. The van der Waals surface area contributed by atoms with Crippen molar-refractivity contribution in [2.24, 2.45) is 5.73 Å². The summed E-state index contributed by atoms with van der Waals surface area (Å²) in [6, 6.07) is 4.52. The Morgan fingerprint density at radius 1 is 1.53 bits per heavy atom. The Morgan fingerprint density at radius 2 is 2.20 bits per heavy atom. The summed E-state index contributed by atoms with van der Waals surface area (Å²) in [7, 11) is 1.41. The van der Waals surface area contributed by atoms with Crippen LogP contribution in [0.5, 0.6) is 5.75 Å². The first-order valence-electron chi connectivity index (χ1n) is 4.87. The van der Waals surface area contributed by atoms with Gasteiger partial charge >= 0.3 is 0 Å². The van der Waals surface area contributed by atoms with Crippen molar-refractivity contribution in [2.45, 2.75) is 24.5 Å². The maximum Gasteiger partial charge on any atom is 0.165 e. The average molecular weight is 211 g/mol. The van der Waals surface area contributed by atoms with Crippen LogP contribution in [0.25, 0.3) is 0 Å². The summed E-state index contributed by atoms with van der Waals surface area (Å²) in [5, 5.41) is 10.1. The zero-order chi connectivity index (χ0) is 11.1. The molecule has 1 aromatic rings. The van der Waals surface area contributed by atoms with Crippen LogP contribution in [-0.4, -0.2) is 18.3 Å². The quantitative estimate of drug-likeness (QED) is 0.771. The number of methoxy groups -OCH3 is 1. The molecule has 0 atom stereocenters. The molecule has 15 heavy (non-hydrogen) atoms. The molecule has 1 fully saturated rings. The van der Waals surface area contributed by atoms with Gasteiger partial charge in [-0.3, -0.25) is 0 Å². The molecule has 3 N–H and O–H groups in total. The fourth-order valence-electron chi connectivity index (χ4n) is 2.00. The number of hydrogen-bond acceptors (Lipinski definition) is 3. The summed E-state index contributed by atoms with van der Waals surface area (Å²) in [4.78, 5) is 0. The maximum atomic E-state index is 13.4. The molecule has 0 bridgehead atoms. The minimum atomic E-state index is -0.952. The number of ether oxygens (including phenoxy) is 1. The van der Waals surface area contributed by atoms with Crippen molar-refractivity contribution in [3.05, 3.63) is 29.6 Å². The van der Waals surface area contributed by atoms with E-state index < -0.39 is 11.4 Å². The highest BCUT2D eigenvalue weighted by Crippen LogP contribution is 2.41. The molecule has 0 amide bonds. The third-order valence-electron chi connectivity index (χ3n) is 2.89.